The Morgan fingerprint density at radius 2 is 1.69 bits per heavy atom. The van der Waals surface area contributed by atoms with Crippen molar-refractivity contribution in [3.8, 4) is 0 Å². The normalized spacial score (nSPS) is 15.2. The summed E-state index contributed by atoms with van der Waals surface area (Å²) in [6.45, 7) is 2.99. The highest BCUT2D eigenvalue weighted by molar-refractivity contribution is 6.04. The standard InChI is InChI=1S/C22H23F4N3O6/c1-10(12-6-5-7-13(15(12)23)17(24)25)27-18-14(19-34-8-9-35-19)16(28-11(2)29-18)22(26,20(30)32-3)21(31)33-4/h5-7,10,17,19H,8-9H2,1-4H3,(H,27,28,29). The number of hydrogen-bond donors (Lipinski definition) is 1. The molecule has 2 heterocycles. The van der Waals surface area contributed by atoms with Gasteiger partial charge in [0.25, 0.3) is 6.43 Å². The van der Waals surface area contributed by atoms with E-state index in [9.17, 15) is 22.8 Å². The predicted octanol–water partition coefficient (Wildman–Crippen LogP) is 3.59. The maximum absolute atomic E-state index is 16.1. The topological polar surface area (TPSA) is 109 Å². The van der Waals surface area contributed by atoms with E-state index in [1.165, 1.54) is 26.0 Å². The fourth-order valence-electron chi connectivity index (χ4n) is 3.61. The van der Waals surface area contributed by atoms with Crippen LogP contribution >= 0.6 is 0 Å². The molecule has 1 fully saturated rings. The molecule has 0 aliphatic carbocycles. The number of carbonyl (C=O) groups excluding carboxylic acids is 2. The lowest BCUT2D eigenvalue weighted by Crippen LogP contribution is -2.43. The maximum Gasteiger partial charge on any atom is 0.362 e. The molecule has 0 radical (unpaired) electrons. The van der Waals surface area contributed by atoms with Crippen molar-refractivity contribution >= 4 is 17.8 Å². The molecule has 1 aliphatic rings. The zero-order valence-electron chi connectivity index (χ0n) is 19.2. The van der Waals surface area contributed by atoms with Crippen LogP contribution in [0.15, 0.2) is 18.2 Å². The van der Waals surface area contributed by atoms with Crippen LogP contribution in [0.4, 0.5) is 23.4 Å². The van der Waals surface area contributed by atoms with Gasteiger partial charge in [-0.2, -0.15) is 0 Å². The Morgan fingerprint density at radius 3 is 2.23 bits per heavy atom. The van der Waals surface area contributed by atoms with Gasteiger partial charge in [0.05, 0.1) is 44.6 Å². The van der Waals surface area contributed by atoms with Gasteiger partial charge < -0.3 is 24.3 Å². The SMILES string of the molecule is COC(=O)C(F)(C(=O)OC)c1nc(C)nc(NC(C)c2cccc(C(F)F)c2F)c1C1OCCO1. The van der Waals surface area contributed by atoms with Crippen molar-refractivity contribution in [2.24, 2.45) is 0 Å². The number of esters is 2. The van der Waals surface area contributed by atoms with E-state index < -0.39 is 53.4 Å². The molecule has 35 heavy (non-hydrogen) atoms. The van der Waals surface area contributed by atoms with Gasteiger partial charge in [0.15, 0.2) is 6.29 Å². The lowest BCUT2D eigenvalue weighted by molar-refractivity contribution is -0.173. The number of hydrogen-bond acceptors (Lipinski definition) is 9. The molecule has 1 aromatic heterocycles. The number of anilines is 1. The molecular weight excluding hydrogens is 478 g/mol. The second kappa shape index (κ2) is 10.5. The summed E-state index contributed by atoms with van der Waals surface area (Å²) in [6, 6.07) is 2.53. The predicted molar refractivity (Wildman–Crippen MR) is 112 cm³/mol. The molecule has 1 N–H and O–H groups in total. The van der Waals surface area contributed by atoms with Crippen molar-refractivity contribution in [2.45, 2.75) is 38.3 Å². The molecule has 9 nitrogen and oxygen atoms in total. The first-order chi connectivity index (χ1) is 16.6. The van der Waals surface area contributed by atoms with Crippen molar-refractivity contribution in [1.82, 2.24) is 9.97 Å². The second-order valence-electron chi connectivity index (χ2n) is 7.51. The van der Waals surface area contributed by atoms with Crippen LogP contribution in [0.5, 0.6) is 0 Å². The first-order valence-corrected chi connectivity index (χ1v) is 10.4. The van der Waals surface area contributed by atoms with E-state index in [1.807, 2.05) is 0 Å². The fraction of sp³-hybridized carbons (Fsp3) is 0.455. The number of halogens is 4. The van der Waals surface area contributed by atoms with Crippen LogP contribution in [0.3, 0.4) is 0 Å². The first kappa shape index (κ1) is 26.3. The molecule has 190 valence electrons. The smallest absolute Gasteiger partial charge is 0.362 e. The summed E-state index contributed by atoms with van der Waals surface area (Å²) in [7, 11) is 1.74. The number of aryl methyl sites for hydroxylation is 1. The summed E-state index contributed by atoms with van der Waals surface area (Å²) in [5.41, 5.74) is -5.48. The summed E-state index contributed by atoms with van der Waals surface area (Å²) >= 11 is 0. The molecule has 13 heteroatoms. The third kappa shape index (κ3) is 4.91. The maximum atomic E-state index is 16.1. The zero-order chi connectivity index (χ0) is 25.9. The molecule has 0 bridgehead atoms. The minimum Gasteiger partial charge on any atom is -0.466 e. The van der Waals surface area contributed by atoms with Crippen LogP contribution in [-0.4, -0.2) is 49.3 Å². The monoisotopic (exact) mass is 501 g/mol. The summed E-state index contributed by atoms with van der Waals surface area (Å²) < 4.78 is 77.1. The average molecular weight is 501 g/mol. The first-order valence-electron chi connectivity index (χ1n) is 10.4. The third-order valence-corrected chi connectivity index (χ3v) is 5.29. The van der Waals surface area contributed by atoms with Crippen molar-refractivity contribution in [1.29, 1.82) is 0 Å². The highest BCUT2D eigenvalue weighted by Gasteiger charge is 2.56. The number of alkyl halides is 3. The molecule has 0 saturated carbocycles. The quantitative estimate of drug-likeness (QED) is 0.330. The second-order valence-corrected chi connectivity index (χ2v) is 7.51. The minimum atomic E-state index is -3.53. The number of aromatic nitrogens is 2. The average Bonchev–Trinajstić information content (AvgIpc) is 3.36. The fourth-order valence-corrected chi connectivity index (χ4v) is 3.61. The molecule has 1 unspecified atom stereocenters. The van der Waals surface area contributed by atoms with E-state index in [-0.39, 0.29) is 36.0 Å². The van der Waals surface area contributed by atoms with E-state index in [1.54, 1.807) is 0 Å². The lowest BCUT2D eigenvalue weighted by Gasteiger charge is -2.27. The Balaban J connectivity index is 2.19. The molecular formula is C22H23F4N3O6. The molecule has 1 aromatic carbocycles. The van der Waals surface area contributed by atoms with Gasteiger partial charge in [-0.3, -0.25) is 0 Å². The molecule has 0 amide bonds. The van der Waals surface area contributed by atoms with Crippen molar-refractivity contribution in [2.75, 3.05) is 32.8 Å². The van der Waals surface area contributed by atoms with Crippen LogP contribution < -0.4 is 5.32 Å². The van der Waals surface area contributed by atoms with Gasteiger partial charge in [0.2, 0.25) is 0 Å². The zero-order valence-corrected chi connectivity index (χ0v) is 19.2. The molecule has 3 rings (SSSR count). The largest absolute Gasteiger partial charge is 0.466 e. The number of carbonyl (C=O) groups is 2. The van der Waals surface area contributed by atoms with Crippen LogP contribution in [-0.2, 0) is 34.2 Å². The van der Waals surface area contributed by atoms with E-state index in [4.69, 9.17) is 9.47 Å². The summed E-state index contributed by atoms with van der Waals surface area (Å²) in [5.74, 6) is -4.63. The molecule has 1 aliphatic heterocycles. The van der Waals surface area contributed by atoms with E-state index >= 15 is 4.39 Å². The van der Waals surface area contributed by atoms with Gasteiger partial charge in [-0.1, -0.05) is 18.2 Å². The van der Waals surface area contributed by atoms with E-state index in [2.05, 4.69) is 24.8 Å². The lowest BCUT2D eigenvalue weighted by atomic mass is 9.95. The molecule has 2 aromatic rings. The van der Waals surface area contributed by atoms with Gasteiger partial charge in [-0.15, -0.1) is 0 Å². The highest BCUT2D eigenvalue weighted by atomic mass is 19.3. The van der Waals surface area contributed by atoms with Crippen LogP contribution in [0.1, 0.15) is 53.9 Å². The number of nitrogens with zero attached hydrogens (tertiary/aromatic N) is 2. The number of benzene rings is 1. The summed E-state index contributed by atoms with van der Waals surface area (Å²) in [5, 5.41) is 2.81. The number of nitrogens with one attached hydrogen (secondary N) is 1. The summed E-state index contributed by atoms with van der Waals surface area (Å²) in [6.07, 6.45) is -4.36. The van der Waals surface area contributed by atoms with Crippen LogP contribution in [0.2, 0.25) is 0 Å². The van der Waals surface area contributed by atoms with Crippen molar-refractivity contribution in [3.63, 3.8) is 0 Å². The van der Waals surface area contributed by atoms with E-state index in [0.29, 0.717) is 0 Å². The van der Waals surface area contributed by atoms with Gasteiger partial charge in [-0.05, 0) is 13.8 Å². The van der Waals surface area contributed by atoms with Gasteiger partial charge >= 0.3 is 17.6 Å². The van der Waals surface area contributed by atoms with Crippen molar-refractivity contribution in [3.05, 3.63) is 52.2 Å². The Bertz CT molecular complexity index is 1090. The highest BCUT2D eigenvalue weighted by Crippen LogP contribution is 2.40. The Morgan fingerprint density at radius 1 is 1.11 bits per heavy atom. The third-order valence-electron chi connectivity index (χ3n) is 5.29. The number of ether oxygens (including phenoxy) is 4. The van der Waals surface area contributed by atoms with Gasteiger partial charge in [0, 0.05) is 5.56 Å². The molecule has 1 saturated heterocycles. The summed E-state index contributed by atoms with van der Waals surface area (Å²) in [4.78, 5) is 33.0. The number of methoxy groups -OCH3 is 2. The number of rotatable bonds is 8. The van der Waals surface area contributed by atoms with Crippen LogP contribution in [0, 0.1) is 12.7 Å². The van der Waals surface area contributed by atoms with Crippen LogP contribution in [0.25, 0.3) is 0 Å². The minimum absolute atomic E-state index is 0.0897. The molecule has 1 atom stereocenters. The van der Waals surface area contributed by atoms with Gasteiger partial charge in [0.1, 0.15) is 23.2 Å². The van der Waals surface area contributed by atoms with Crippen molar-refractivity contribution < 1.29 is 46.1 Å². The Kier molecular flexibility index (Phi) is 7.90. The Hall–Kier alpha value is -3.32. The van der Waals surface area contributed by atoms with Gasteiger partial charge in [-0.25, -0.2) is 37.1 Å². The van der Waals surface area contributed by atoms with E-state index in [0.717, 1.165) is 20.3 Å². The Labute approximate surface area is 197 Å². The molecule has 0 spiro atoms.